The highest BCUT2D eigenvalue weighted by Gasteiger charge is 2.12. The van der Waals surface area contributed by atoms with Gasteiger partial charge in [-0.05, 0) is 33.8 Å². The number of nitrogens with two attached hydrogens (primary N) is 1. The lowest BCUT2D eigenvalue weighted by Crippen LogP contribution is -2.17. The van der Waals surface area contributed by atoms with Crippen LogP contribution in [0.5, 0.6) is 6.01 Å². The van der Waals surface area contributed by atoms with Crippen molar-refractivity contribution in [2.45, 2.75) is 33.8 Å². The predicted octanol–water partition coefficient (Wildman–Crippen LogP) is 0.747. The van der Waals surface area contributed by atoms with E-state index < -0.39 is 0 Å². The Kier molecular flexibility index (Phi) is 3.61. The summed E-state index contributed by atoms with van der Waals surface area (Å²) in [4.78, 5) is 12.4. The van der Waals surface area contributed by atoms with E-state index in [4.69, 9.17) is 10.6 Å². The molecule has 8 nitrogen and oxygen atoms in total. The van der Waals surface area contributed by atoms with Crippen LogP contribution in [-0.2, 0) is 0 Å². The molecule has 8 heteroatoms. The topological polar surface area (TPSA) is 104 Å². The second-order valence-electron chi connectivity index (χ2n) is 4.39. The van der Waals surface area contributed by atoms with Crippen LogP contribution in [-0.4, -0.2) is 30.8 Å². The van der Waals surface area contributed by atoms with Gasteiger partial charge < -0.3 is 4.74 Å². The van der Waals surface area contributed by atoms with Crippen LogP contribution in [0.2, 0.25) is 0 Å². The fraction of sp³-hybridized carbons (Fsp3) is 0.455. The zero-order valence-electron chi connectivity index (χ0n) is 11.4. The Bertz CT molecular complexity index is 578. The van der Waals surface area contributed by atoms with E-state index in [1.807, 2.05) is 33.8 Å². The first kappa shape index (κ1) is 13.2. The van der Waals surface area contributed by atoms with Gasteiger partial charge in [0.25, 0.3) is 5.95 Å². The first-order valence-corrected chi connectivity index (χ1v) is 5.92. The SMILES string of the molecule is Cc1cc(C)n(-c2nc(NN)nc(OC(C)C)n2)n1. The van der Waals surface area contributed by atoms with E-state index in [0.29, 0.717) is 5.95 Å². The van der Waals surface area contributed by atoms with Gasteiger partial charge in [0.2, 0.25) is 5.95 Å². The van der Waals surface area contributed by atoms with Crippen molar-refractivity contribution in [2.75, 3.05) is 5.43 Å². The average Bonchev–Trinajstić information content (AvgIpc) is 2.67. The zero-order valence-corrected chi connectivity index (χ0v) is 11.4. The molecule has 0 aliphatic carbocycles. The van der Waals surface area contributed by atoms with Crippen molar-refractivity contribution in [3.05, 3.63) is 17.5 Å². The van der Waals surface area contributed by atoms with E-state index in [-0.39, 0.29) is 18.1 Å². The van der Waals surface area contributed by atoms with Crippen LogP contribution in [0.1, 0.15) is 25.2 Å². The summed E-state index contributed by atoms with van der Waals surface area (Å²) in [6.07, 6.45) is -0.0404. The number of aryl methyl sites for hydroxylation is 2. The van der Waals surface area contributed by atoms with Crippen molar-refractivity contribution in [1.82, 2.24) is 24.7 Å². The summed E-state index contributed by atoms with van der Waals surface area (Å²) in [7, 11) is 0. The van der Waals surface area contributed by atoms with Gasteiger partial charge in [-0.3, -0.25) is 5.43 Å². The Morgan fingerprint density at radius 1 is 1.26 bits per heavy atom. The highest BCUT2D eigenvalue weighted by molar-refractivity contribution is 5.30. The first-order valence-electron chi connectivity index (χ1n) is 5.92. The van der Waals surface area contributed by atoms with E-state index in [1.54, 1.807) is 4.68 Å². The number of hydrazine groups is 1. The number of hydrogen-bond acceptors (Lipinski definition) is 7. The van der Waals surface area contributed by atoms with Gasteiger partial charge >= 0.3 is 6.01 Å². The molecule has 0 saturated carbocycles. The number of hydrogen-bond donors (Lipinski definition) is 2. The van der Waals surface area contributed by atoms with Crippen molar-refractivity contribution in [3.8, 4) is 12.0 Å². The number of rotatable bonds is 4. The standard InChI is InChI=1S/C11H17N7O/c1-6(2)19-11-14-9(16-12)13-10(15-11)18-8(4)5-7(3)17-18/h5-6H,12H2,1-4H3,(H,13,14,15,16). The third-order valence-electron chi connectivity index (χ3n) is 2.27. The van der Waals surface area contributed by atoms with Crippen LogP contribution in [0, 0.1) is 13.8 Å². The second-order valence-corrected chi connectivity index (χ2v) is 4.39. The van der Waals surface area contributed by atoms with Gasteiger partial charge in [0.1, 0.15) is 0 Å². The first-order chi connectivity index (χ1) is 8.99. The van der Waals surface area contributed by atoms with Gasteiger partial charge in [0.15, 0.2) is 0 Å². The summed E-state index contributed by atoms with van der Waals surface area (Å²) in [5.74, 6) is 5.95. The monoisotopic (exact) mass is 263 g/mol. The number of nitrogens with zero attached hydrogens (tertiary/aromatic N) is 5. The number of ether oxygens (including phenoxy) is 1. The third-order valence-corrected chi connectivity index (χ3v) is 2.27. The molecular weight excluding hydrogens is 246 g/mol. The van der Waals surface area contributed by atoms with E-state index >= 15 is 0 Å². The molecule has 0 saturated heterocycles. The normalized spacial score (nSPS) is 10.8. The molecule has 2 aromatic rings. The number of anilines is 1. The van der Waals surface area contributed by atoms with Crippen LogP contribution in [0.3, 0.4) is 0 Å². The van der Waals surface area contributed by atoms with E-state index in [2.05, 4.69) is 25.5 Å². The van der Waals surface area contributed by atoms with Crippen molar-refractivity contribution < 1.29 is 4.74 Å². The van der Waals surface area contributed by atoms with Gasteiger partial charge in [-0.1, -0.05) is 0 Å². The van der Waals surface area contributed by atoms with Crippen LogP contribution in [0.4, 0.5) is 5.95 Å². The fourth-order valence-electron chi connectivity index (χ4n) is 1.60. The molecule has 0 bridgehead atoms. The molecule has 0 aromatic carbocycles. The Labute approximate surface area is 111 Å². The zero-order chi connectivity index (χ0) is 14.0. The molecule has 0 unspecified atom stereocenters. The number of nitrogen functional groups attached to an aromatic ring is 1. The molecular formula is C11H17N7O. The van der Waals surface area contributed by atoms with Gasteiger partial charge in [-0.25, -0.2) is 10.5 Å². The molecule has 2 rings (SSSR count). The maximum Gasteiger partial charge on any atom is 0.323 e. The molecule has 3 N–H and O–H groups in total. The lowest BCUT2D eigenvalue weighted by molar-refractivity contribution is 0.221. The maximum atomic E-state index is 5.47. The molecule has 0 aliphatic heterocycles. The highest BCUT2D eigenvalue weighted by atomic mass is 16.5. The third kappa shape index (κ3) is 2.97. The Hall–Kier alpha value is -2.22. The van der Waals surface area contributed by atoms with Crippen LogP contribution < -0.4 is 16.0 Å². The van der Waals surface area contributed by atoms with Gasteiger partial charge in [-0.15, -0.1) is 0 Å². The summed E-state index contributed by atoms with van der Waals surface area (Å²) in [6.45, 7) is 7.60. The van der Waals surface area contributed by atoms with Gasteiger partial charge in [0, 0.05) is 5.69 Å². The van der Waals surface area contributed by atoms with Gasteiger partial charge in [0.05, 0.1) is 11.8 Å². The molecule has 0 radical (unpaired) electrons. The van der Waals surface area contributed by atoms with Crippen molar-refractivity contribution >= 4 is 5.95 Å². The van der Waals surface area contributed by atoms with Crippen molar-refractivity contribution in [2.24, 2.45) is 5.84 Å². The number of aromatic nitrogens is 5. The highest BCUT2D eigenvalue weighted by Crippen LogP contribution is 2.13. The average molecular weight is 263 g/mol. The fourth-order valence-corrected chi connectivity index (χ4v) is 1.60. The molecule has 0 fully saturated rings. The second kappa shape index (κ2) is 5.19. The minimum Gasteiger partial charge on any atom is -0.461 e. The molecule has 19 heavy (non-hydrogen) atoms. The van der Waals surface area contributed by atoms with E-state index in [0.717, 1.165) is 11.4 Å². The Morgan fingerprint density at radius 2 is 2.00 bits per heavy atom. The van der Waals surface area contributed by atoms with Crippen molar-refractivity contribution in [3.63, 3.8) is 0 Å². The van der Waals surface area contributed by atoms with Gasteiger partial charge in [-0.2, -0.15) is 20.1 Å². The molecule has 102 valence electrons. The molecule has 0 spiro atoms. The Morgan fingerprint density at radius 3 is 2.53 bits per heavy atom. The van der Waals surface area contributed by atoms with E-state index in [1.165, 1.54) is 0 Å². The minimum absolute atomic E-state index is 0.0404. The van der Waals surface area contributed by atoms with Crippen LogP contribution in [0.15, 0.2) is 6.07 Å². The smallest absolute Gasteiger partial charge is 0.323 e. The molecule has 2 heterocycles. The Balaban J connectivity index is 2.47. The predicted molar refractivity (Wildman–Crippen MR) is 70.0 cm³/mol. The number of nitrogens with one attached hydrogen (secondary N) is 1. The quantitative estimate of drug-likeness (QED) is 0.619. The molecule has 0 amide bonds. The minimum atomic E-state index is -0.0404. The lowest BCUT2D eigenvalue weighted by Gasteiger charge is -2.10. The maximum absolute atomic E-state index is 5.47. The largest absolute Gasteiger partial charge is 0.461 e. The van der Waals surface area contributed by atoms with Crippen molar-refractivity contribution in [1.29, 1.82) is 0 Å². The molecule has 0 atom stereocenters. The summed E-state index contributed by atoms with van der Waals surface area (Å²) in [5.41, 5.74) is 4.19. The summed E-state index contributed by atoms with van der Waals surface area (Å²) >= 11 is 0. The van der Waals surface area contributed by atoms with Crippen LogP contribution >= 0.6 is 0 Å². The summed E-state index contributed by atoms with van der Waals surface area (Å²) in [6, 6.07) is 2.14. The van der Waals surface area contributed by atoms with E-state index in [9.17, 15) is 0 Å². The molecule has 2 aromatic heterocycles. The lowest BCUT2D eigenvalue weighted by atomic mass is 10.4. The van der Waals surface area contributed by atoms with Crippen LogP contribution in [0.25, 0.3) is 5.95 Å². The summed E-state index contributed by atoms with van der Waals surface area (Å²) < 4.78 is 7.08. The summed E-state index contributed by atoms with van der Waals surface area (Å²) in [5, 5.41) is 4.32. The molecule has 0 aliphatic rings.